The molecule has 0 aliphatic carbocycles. The molecular weight excluding hydrogens is 856 g/mol. The van der Waals surface area contributed by atoms with Gasteiger partial charge in [-0.05, 0) is 80.3 Å². The van der Waals surface area contributed by atoms with E-state index >= 15 is 0 Å². The third kappa shape index (κ3) is 7.78. The van der Waals surface area contributed by atoms with E-state index in [0.717, 1.165) is 55.6 Å². The third-order valence-electron chi connectivity index (χ3n) is 10.5. The summed E-state index contributed by atoms with van der Waals surface area (Å²) in [7, 11) is 0. The van der Waals surface area contributed by atoms with Crippen LogP contribution < -0.4 is 0 Å². The molecule has 0 aliphatic rings. The van der Waals surface area contributed by atoms with Crippen molar-refractivity contribution in [1.82, 2.24) is 19.5 Å². The standard InChI is InChI=1S/C49H53N4O.Pt/c1-46(2,3)32-16-19-36(20-17-32)53-41-29-35(49(10,11)12)27-38(44(41)52-45(53)39-25-33(47(4,5)6)18-21-42(39)54)31-15-13-14-30(24-31)37-26-34(48(7,8)9)28-40-43(37)51-23-22-50-40;/h13-23,25-29,54H,1-12H3;/q-1;. The molecule has 0 unspecified atom stereocenters. The Kier molecular flexibility index (Phi) is 10.3. The Hall–Kier alpha value is -4.60. The Bertz CT molecular complexity index is 2540. The number of nitrogens with zero attached hydrogens (tertiary/aromatic N) is 4. The maximum atomic E-state index is 11.5. The Balaban J connectivity index is 0.00000514. The van der Waals surface area contributed by atoms with Crippen molar-refractivity contribution >= 4 is 22.1 Å². The molecule has 0 radical (unpaired) electrons. The molecule has 55 heavy (non-hydrogen) atoms. The van der Waals surface area contributed by atoms with Gasteiger partial charge in [-0.3, -0.25) is 14.5 Å². The van der Waals surface area contributed by atoms with Gasteiger partial charge < -0.3 is 5.11 Å². The number of aromatic nitrogens is 4. The van der Waals surface area contributed by atoms with Crippen LogP contribution in [0.5, 0.6) is 5.75 Å². The van der Waals surface area contributed by atoms with Crippen molar-refractivity contribution in [2.24, 2.45) is 0 Å². The largest absolute Gasteiger partial charge is 0.507 e. The maximum absolute atomic E-state index is 11.5. The zero-order chi connectivity index (χ0) is 39.0. The average Bonchev–Trinajstić information content (AvgIpc) is 3.49. The van der Waals surface area contributed by atoms with Gasteiger partial charge in [0.1, 0.15) is 11.6 Å². The van der Waals surface area contributed by atoms with Gasteiger partial charge in [0.15, 0.2) is 0 Å². The van der Waals surface area contributed by atoms with Crippen LogP contribution in [0.4, 0.5) is 0 Å². The minimum absolute atomic E-state index is 0. The number of hydrogen-bond acceptors (Lipinski definition) is 4. The molecule has 0 bridgehead atoms. The van der Waals surface area contributed by atoms with Gasteiger partial charge in [0.2, 0.25) is 0 Å². The molecule has 0 amide bonds. The first kappa shape index (κ1) is 40.1. The predicted octanol–water partition coefficient (Wildman–Crippen LogP) is 12.7. The minimum Gasteiger partial charge on any atom is -0.507 e. The molecule has 6 heteroatoms. The molecule has 7 rings (SSSR count). The molecule has 5 nitrogen and oxygen atoms in total. The van der Waals surface area contributed by atoms with Gasteiger partial charge in [-0.25, -0.2) is 4.98 Å². The van der Waals surface area contributed by atoms with Crippen molar-refractivity contribution in [2.75, 3.05) is 0 Å². The van der Waals surface area contributed by atoms with Gasteiger partial charge in [0.05, 0.1) is 27.6 Å². The number of phenolic OH excluding ortho intramolecular Hbond substituents is 1. The quantitative estimate of drug-likeness (QED) is 0.179. The van der Waals surface area contributed by atoms with Crippen LogP contribution in [-0.4, -0.2) is 24.6 Å². The van der Waals surface area contributed by atoms with Crippen molar-refractivity contribution in [3.8, 4) is 45.1 Å². The summed E-state index contributed by atoms with van der Waals surface area (Å²) in [5.74, 6) is 0.892. The molecular formula is C49H53N4OPt-. The van der Waals surface area contributed by atoms with Crippen LogP contribution in [0.2, 0.25) is 0 Å². The molecule has 7 aromatic rings. The molecule has 0 atom stereocenters. The van der Waals surface area contributed by atoms with Crippen molar-refractivity contribution in [1.29, 1.82) is 0 Å². The zero-order valence-corrected chi connectivity index (χ0v) is 36.6. The van der Waals surface area contributed by atoms with Crippen LogP contribution in [0.15, 0.2) is 97.3 Å². The normalized spacial score (nSPS) is 12.7. The molecule has 0 saturated carbocycles. The first-order chi connectivity index (χ1) is 25.2. The van der Waals surface area contributed by atoms with E-state index in [1.54, 1.807) is 18.5 Å². The van der Waals surface area contributed by atoms with Crippen LogP contribution in [0.1, 0.15) is 105 Å². The number of hydrogen-bond donors (Lipinski definition) is 1. The molecule has 0 spiro atoms. The Morgan fingerprint density at radius 3 is 1.62 bits per heavy atom. The fraction of sp³-hybridized carbons (Fsp3) is 0.327. The summed E-state index contributed by atoms with van der Waals surface area (Å²) in [5.41, 5.74) is 13.5. The van der Waals surface area contributed by atoms with E-state index in [9.17, 15) is 5.11 Å². The second-order valence-electron chi connectivity index (χ2n) is 18.9. The van der Waals surface area contributed by atoms with Gasteiger partial charge in [-0.15, -0.1) is 35.4 Å². The fourth-order valence-corrected chi connectivity index (χ4v) is 7.05. The van der Waals surface area contributed by atoms with Gasteiger partial charge in [0, 0.05) is 39.1 Å². The van der Waals surface area contributed by atoms with Gasteiger partial charge >= 0.3 is 0 Å². The second-order valence-corrected chi connectivity index (χ2v) is 18.9. The van der Waals surface area contributed by atoms with E-state index < -0.39 is 0 Å². The van der Waals surface area contributed by atoms with Gasteiger partial charge in [0.25, 0.3) is 0 Å². The zero-order valence-electron chi connectivity index (χ0n) is 34.3. The number of aromatic hydroxyl groups is 1. The average molecular weight is 909 g/mol. The number of imidazole rings is 1. The Labute approximate surface area is 341 Å². The fourth-order valence-electron chi connectivity index (χ4n) is 7.05. The van der Waals surface area contributed by atoms with E-state index in [4.69, 9.17) is 15.0 Å². The predicted molar refractivity (Wildman–Crippen MR) is 226 cm³/mol. The summed E-state index contributed by atoms with van der Waals surface area (Å²) in [4.78, 5) is 15.0. The van der Waals surface area contributed by atoms with Crippen LogP contribution in [-0.2, 0) is 42.7 Å². The minimum atomic E-state index is -0.160. The topological polar surface area (TPSA) is 63.8 Å². The summed E-state index contributed by atoms with van der Waals surface area (Å²) < 4.78 is 2.22. The van der Waals surface area contributed by atoms with Crippen LogP contribution >= 0.6 is 0 Å². The number of benzene rings is 5. The van der Waals surface area contributed by atoms with Crippen molar-refractivity contribution in [2.45, 2.75) is 105 Å². The van der Waals surface area contributed by atoms with Crippen molar-refractivity contribution in [3.05, 3.63) is 126 Å². The summed E-state index contributed by atoms with van der Waals surface area (Å²) >= 11 is 0. The maximum Gasteiger partial charge on any atom is 0.148 e. The van der Waals surface area contributed by atoms with E-state index in [1.807, 2.05) is 6.07 Å². The van der Waals surface area contributed by atoms with Gasteiger partial charge in [-0.2, -0.15) is 0 Å². The molecule has 5 aromatic carbocycles. The van der Waals surface area contributed by atoms with E-state index in [-0.39, 0.29) is 48.5 Å². The molecule has 0 fully saturated rings. The summed E-state index contributed by atoms with van der Waals surface area (Å²) in [5, 5.41) is 11.5. The van der Waals surface area contributed by atoms with E-state index in [0.29, 0.717) is 11.4 Å². The third-order valence-corrected chi connectivity index (χ3v) is 10.5. The van der Waals surface area contributed by atoms with Crippen molar-refractivity contribution in [3.63, 3.8) is 0 Å². The van der Waals surface area contributed by atoms with Crippen LogP contribution in [0.25, 0.3) is 61.4 Å². The Morgan fingerprint density at radius 2 is 1.04 bits per heavy atom. The molecule has 1 N–H and O–H groups in total. The SMILES string of the molecule is CC(C)(C)c1ccc(-n2c(-c3cc(C(C)(C)C)ccc3O)nc3c(-c4[c-]c(-c5cc(C(C)(C)C)cc6nccnc56)ccc4)cc(C(C)(C)C)cc32)cc1.[Pt]. The molecule has 286 valence electrons. The van der Waals surface area contributed by atoms with Crippen molar-refractivity contribution < 1.29 is 26.2 Å². The summed E-state index contributed by atoms with van der Waals surface area (Å²) in [6, 6.07) is 33.8. The smallest absolute Gasteiger partial charge is 0.148 e. The number of phenols is 1. The molecule has 0 saturated heterocycles. The first-order valence-electron chi connectivity index (χ1n) is 19.0. The van der Waals surface area contributed by atoms with E-state index in [2.05, 4.69) is 167 Å². The van der Waals surface area contributed by atoms with Gasteiger partial charge in [-0.1, -0.05) is 125 Å². The molecule has 0 aliphatic heterocycles. The number of fused-ring (bicyclic) bond motifs is 2. The Morgan fingerprint density at radius 1 is 0.527 bits per heavy atom. The molecule has 2 aromatic heterocycles. The summed E-state index contributed by atoms with van der Waals surface area (Å²) in [6.45, 7) is 26.7. The number of rotatable bonds is 4. The molecule has 2 heterocycles. The first-order valence-corrected chi connectivity index (χ1v) is 19.0. The van der Waals surface area contributed by atoms with E-state index in [1.165, 1.54) is 16.7 Å². The van der Waals surface area contributed by atoms with Crippen LogP contribution in [0.3, 0.4) is 0 Å². The monoisotopic (exact) mass is 908 g/mol. The van der Waals surface area contributed by atoms with Crippen LogP contribution in [0, 0.1) is 6.07 Å². The summed E-state index contributed by atoms with van der Waals surface area (Å²) in [6.07, 6.45) is 3.52. The second kappa shape index (κ2) is 14.2.